The number of carbonyl (C=O) groups is 1. The number of aryl methyl sites for hydroxylation is 3. The number of rotatable bonds is 6. The van der Waals surface area contributed by atoms with Crippen LogP contribution in [-0.2, 0) is 18.3 Å². The lowest BCUT2D eigenvalue weighted by molar-refractivity contribution is -0.131. The van der Waals surface area contributed by atoms with Crippen molar-refractivity contribution in [1.29, 1.82) is 0 Å². The van der Waals surface area contributed by atoms with Crippen LogP contribution in [0.15, 0.2) is 4.79 Å². The van der Waals surface area contributed by atoms with E-state index in [4.69, 9.17) is 0 Å². The number of aromatic amines is 1. The fraction of sp³-hybridized carbons (Fsp3) is 0.611. The van der Waals surface area contributed by atoms with Gasteiger partial charge in [-0.05, 0) is 50.2 Å². The molecule has 2 aromatic rings. The predicted molar refractivity (Wildman–Crippen MR) is 95.5 cm³/mol. The Labute approximate surface area is 146 Å². The van der Waals surface area contributed by atoms with Crippen molar-refractivity contribution in [2.45, 2.75) is 45.6 Å². The summed E-state index contributed by atoms with van der Waals surface area (Å²) in [6.07, 6.45) is 2.57. The minimum atomic E-state index is -0.418. The average molecular weight is 346 g/mol. The van der Waals surface area contributed by atoms with E-state index in [2.05, 4.69) is 10.1 Å². The van der Waals surface area contributed by atoms with Gasteiger partial charge < -0.3 is 10.0 Å². The maximum Gasteiger partial charge on any atom is 0.273 e. The lowest BCUT2D eigenvalue weighted by Gasteiger charge is -2.21. The first-order chi connectivity index (χ1) is 11.8. The van der Waals surface area contributed by atoms with E-state index in [1.54, 1.807) is 23.7 Å². The molecule has 1 saturated carbocycles. The number of hydrogen-bond donors (Lipinski definition) is 2. The molecule has 136 valence electrons. The highest BCUT2D eigenvalue weighted by atomic mass is 16.3. The first-order valence-electron chi connectivity index (χ1n) is 8.76. The molecule has 0 aliphatic heterocycles. The van der Waals surface area contributed by atoms with Crippen LogP contribution in [0.3, 0.4) is 0 Å². The molecule has 25 heavy (non-hydrogen) atoms. The van der Waals surface area contributed by atoms with Gasteiger partial charge in [0.1, 0.15) is 0 Å². The topological polar surface area (TPSA) is 91.2 Å². The van der Waals surface area contributed by atoms with Gasteiger partial charge in [0.2, 0.25) is 5.91 Å². The molecule has 0 aromatic carbocycles. The van der Waals surface area contributed by atoms with Crippen LogP contribution in [0.4, 0.5) is 0 Å². The lowest BCUT2D eigenvalue weighted by atomic mass is 10.00. The molecule has 1 unspecified atom stereocenters. The highest BCUT2D eigenvalue weighted by Crippen LogP contribution is 2.32. The number of carbonyl (C=O) groups excluding carboxylic acids is 1. The van der Waals surface area contributed by atoms with Crippen molar-refractivity contribution in [2.24, 2.45) is 13.0 Å². The third-order valence-corrected chi connectivity index (χ3v) is 5.22. The van der Waals surface area contributed by atoms with E-state index in [1.165, 1.54) is 0 Å². The Kier molecular flexibility index (Phi) is 4.69. The third-order valence-electron chi connectivity index (χ3n) is 5.22. The summed E-state index contributed by atoms with van der Waals surface area (Å²) in [6, 6.07) is 0. The fourth-order valence-corrected chi connectivity index (χ4v) is 3.45. The average Bonchev–Trinajstić information content (AvgIpc) is 3.34. The summed E-state index contributed by atoms with van der Waals surface area (Å²) in [5.41, 5.74) is 3.17. The first-order valence-corrected chi connectivity index (χ1v) is 8.76. The largest absolute Gasteiger partial charge is 0.391 e. The van der Waals surface area contributed by atoms with Crippen LogP contribution in [0.2, 0.25) is 0 Å². The SMILES string of the molecule is Cc1nc2c(c(C)c1CCC(=O)N(C)CC(O)C1CC1)c(=O)[nH]n2C. The number of likely N-dealkylation sites (N-methyl/N-ethyl adjacent to an activating group) is 1. The molecule has 0 spiro atoms. The number of aliphatic hydroxyl groups excluding tert-OH is 1. The lowest BCUT2D eigenvalue weighted by Crippen LogP contribution is -2.35. The van der Waals surface area contributed by atoms with Crippen molar-refractivity contribution in [2.75, 3.05) is 13.6 Å². The third kappa shape index (κ3) is 3.46. The van der Waals surface area contributed by atoms with Crippen molar-refractivity contribution in [3.63, 3.8) is 0 Å². The molecule has 1 aliphatic rings. The zero-order valence-corrected chi connectivity index (χ0v) is 15.3. The molecule has 1 atom stereocenters. The number of amides is 1. The van der Waals surface area contributed by atoms with Crippen LogP contribution in [-0.4, -0.2) is 50.4 Å². The van der Waals surface area contributed by atoms with E-state index in [1.807, 2.05) is 13.8 Å². The molecule has 1 aliphatic carbocycles. The Hall–Kier alpha value is -2.15. The van der Waals surface area contributed by atoms with Crippen LogP contribution in [0, 0.1) is 19.8 Å². The number of aliphatic hydroxyl groups is 1. The van der Waals surface area contributed by atoms with Crippen LogP contribution in [0.25, 0.3) is 11.0 Å². The molecule has 0 saturated heterocycles. The number of nitrogens with one attached hydrogen (secondary N) is 1. The summed E-state index contributed by atoms with van der Waals surface area (Å²) in [5, 5.41) is 13.3. The van der Waals surface area contributed by atoms with Gasteiger partial charge in [-0.15, -0.1) is 0 Å². The van der Waals surface area contributed by atoms with Crippen LogP contribution in [0.5, 0.6) is 0 Å². The second-order valence-electron chi connectivity index (χ2n) is 7.18. The number of H-pyrrole nitrogens is 1. The zero-order valence-electron chi connectivity index (χ0n) is 15.3. The Morgan fingerprint density at radius 1 is 1.44 bits per heavy atom. The van der Waals surface area contributed by atoms with Gasteiger partial charge in [0.25, 0.3) is 5.56 Å². The van der Waals surface area contributed by atoms with Crippen LogP contribution >= 0.6 is 0 Å². The van der Waals surface area contributed by atoms with E-state index in [-0.39, 0.29) is 11.5 Å². The smallest absolute Gasteiger partial charge is 0.273 e. The highest BCUT2D eigenvalue weighted by Gasteiger charge is 2.31. The minimum Gasteiger partial charge on any atom is -0.391 e. The zero-order chi connectivity index (χ0) is 18.3. The number of pyridine rings is 1. The summed E-state index contributed by atoms with van der Waals surface area (Å²) >= 11 is 0. The van der Waals surface area contributed by atoms with Gasteiger partial charge in [-0.25, -0.2) is 4.98 Å². The Balaban J connectivity index is 1.73. The second kappa shape index (κ2) is 6.63. The number of hydrogen-bond acceptors (Lipinski definition) is 4. The molecule has 2 aromatic heterocycles. The van der Waals surface area contributed by atoms with Crippen molar-refractivity contribution < 1.29 is 9.90 Å². The summed E-state index contributed by atoms with van der Waals surface area (Å²) in [4.78, 5) is 30.6. The summed E-state index contributed by atoms with van der Waals surface area (Å²) in [6.45, 7) is 4.20. The molecular weight excluding hydrogens is 320 g/mol. The van der Waals surface area contributed by atoms with Crippen molar-refractivity contribution in [1.82, 2.24) is 19.7 Å². The Morgan fingerprint density at radius 3 is 2.76 bits per heavy atom. The molecule has 2 heterocycles. The minimum absolute atomic E-state index is 0.000526. The van der Waals surface area contributed by atoms with E-state index in [0.29, 0.717) is 36.3 Å². The van der Waals surface area contributed by atoms with Crippen molar-refractivity contribution in [3.05, 3.63) is 27.2 Å². The van der Waals surface area contributed by atoms with E-state index in [0.717, 1.165) is 29.7 Å². The van der Waals surface area contributed by atoms with Gasteiger partial charge in [-0.3, -0.25) is 19.4 Å². The van der Waals surface area contributed by atoms with E-state index in [9.17, 15) is 14.7 Å². The fourth-order valence-electron chi connectivity index (χ4n) is 3.45. The summed E-state index contributed by atoms with van der Waals surface area (Å²) < 4.78 is 1.62. The molecule has 2 N–H and O–H groups in total. The van der Waals surface area contributed by atoms with Crippen LogP contribution in [0.1, 0.15) is 36.1 Å². The molecule has 0 bridgehead atoms. The standard InChI is InChI=1S/C18H26N4O3/c1-10-13(11(2)19-17-16(10)18(25)20-22(17)4)7-8-15(24)21(3)9-14(23)12-5-6-12/h12,14,23H,5-9H2,1-4H3,(H,20,25). The summed E-state index contributed by atoms with van der Waals surface area (Å²) in [7, 11) is 3.50. The molecule has 7 heteroatoms. The van der Waals surface area contributed by atoms with Gasteiger partial charge in [0, 0.05) is 32.8 Å². The predicted octanol–water partition coefficient (Wildman–Crippen LogP) is 1.04. The molecule has 7 nitrogen and oxygen atoms in total. The van der Waals surface area contributed by atoms with Gasteiger partial charge >= 0.3 is 0 Å². The van der Waals surface area contributed by atoms with Gasteiger partial charge in [-0.1, -0.05) is 0 Å². The number of aromatic nitrogens is 3. The number of fused-ring (bicyclic) bond motifs is 1. The van der Waals surface area contributed by atoms with Gasteiger partial charge in [0.15, 0.2) is 5.65 Å². The van der Waals surface area contributed by atoms with Crippen molar-refractivity contribution in [3.8, 4) is 0 Å². The molecule has 1 fully saturated rings. The molecule has 1 amide bonds. The van der Waals surface area contributed by atoms with Gasteiger partial charge in [0.05, 0.1) is 11.5 Å². The van der Waals surface area contributed by atoms with E-state index >= 15 is 0 Å². The second-order valence-corrected chi connectivity index (χ2v) is 7.18. The monoisotopic (exact) mass is 346 g/mol. The van der Waals surface area contributed by atoms with Crippen molar-refractivity contribution >= 4 is 16.9 Å². The first kappa shape index (κ1) is 17.7. The van der Waals surface area contributed by atoms with Gasteiger partial charge in [-0.2, -0.15) is 0 Å². The molecular formula is C18H26N4O3. The maximum atomic E-state index is 12.4. The normalized spacial score (nSPS) is 15.6. The Morgan fingerprint density at radius 2 is 2.12 bits per heavy atom. The van der Waals surface area contributed by atoms with Crippen LogP contribution < -0.4 is 5.56 Å². The maximum absolute atomic E-state index is 12.4. The van der Waals surface area contributed by atoms with E-state index < -0.39 is 6.10 Å². The molecule has 3 rings (SSSR count). The Bertz CT molecular complexity index is 863. The highest BCUT2D eigenvalue weighted by molar-refractivity contribution is 5.81. The quantitative estimate of drug-likeness (QED) is 0.818. The number of nitrogens with zero attached hydrogens (tertiary/aromatic N) is 3. The molecule has 0 radical (unpaired) electrons. The summed E-state index contributed by atoms with van der Waals surface area (Å²) in [5.74, 6) is 0.358.